The molecule has 0 saturated heterocycles. The molecule has 0 aliphatic carbocycles. The van der Waals surface area contributed by atoms with Crippen molar-refractivity contribution in [2.75, 3.05) is 3.71 Å². The van der Waals surface area contributed by atoms with Gasteiger partial charge in [0.1, 0.15) is 0 Å². The van der Waals surface area contributed by atoms with Gasteiger partial charge in [-0.1, -0.05) is 29.8 Å². The third-order valence-corrected chi connectivity index (χ3v) is 11.3. The van der Waals surface area contributed by atoms with Crippen LogP contribution in [0.2, 0.25) is 5.02 Å². The highest BCUT2D eigenvalue weighted by atomic mass is 35.5. The molecular weight excluding hydrogens is 500 g/mol. The zero-order chi connectivity index (χ0) is 24.1. The molecule has 6 nitrogen and oxygen atoms in total. The number of halogens is 1. The van der Waals surface area contributed by atoms with Crippen molar-refractivity contribution in [2.45, 2.75) is 37.5 Å². The van der Waals surface area contributed by atoms with Crippen LogP contribution in [0.15, 0.2) is 64.4 Å². The smallest absolute Gasteiger partial charge is 0.242 e. The molecule has 0 amide bonds. The first-order valence-electron chi connectivity index (χ1n) is 9.93. The van der Waals surface area contributed by atoms with Crippen LogP contribution in [0.3, 0.4) is 0 Å². The number of rotatable bonds is 5. The summed E-state index contributed by atoms with van der Waals surface area (Å²) in [5, 5.41) is 1.02. The Morgan fingerprint density at radius 2 is 1.42 bits per heavy atom. The molecule has 0 saturated carbocycles. The predicted molar refractivity (Wildman–Crippen MR) is 133 cm³/mol. The van der Waals surface area contributed by atoms with Crippen LogP contribution in [0.25, 0.3) is 10.2 Å². The van der Waals surface area contributed by atoms with Crippen molar-refractivity contribution >= 4 is 58.9 Å². The summed E-state index contributed by atoms with van der Waals surface area (Å²) in [7, 11) is -9.08. The summed E-state index contributed by atoms with van der Waals surface area (Å²) >= 11 is 7.55. The van der Waals surface area contributed by atoms with E-state index < -0.39 is 20.0 Å². The Balaban J connectivity index is 2.05. The molecule has 0 atom stereocenters. The molecule has 0 unspecified atom stereocenters. The lowest BCUT2D eigenvalue weighted by Crippen LogP contribution is -2.37. The fraction of sp³-hybridized carbons (Fsp3) is 0.174. The highest BCUT2D eigenvalue weighted by Crippen LogP contribution is 2.37. The van der Waals surface area contributed by atoms with E-state index in [1.165, 1.54) is 35.6 Å². The molecule has 3 aromatic carbocycles. The molecule has 1 aromatic heterocycles. The molecule has 0 aliphatic heterocycles. The zero-order valence-electron chi connectivity index (χ0n) is 18.3. The van der Waals surface area contributed by atoms with Gasteiger partial charge in [-0.3, -0.25) is 0 Å². The van der Waals surface area contributed by atoms with Gasteiger partial charge in [-0.2, -0.15) is 20.5 Å². The Hall–Kier alpha value is -2.46. The first-order valence-corrected chi connectivity index (χ1v) is 14.0. The molecule has 0 fully saturated rings. The Bertz CT molecular complexity index is 1530. The molecule has 4 aromatic rings. The van der Waals surface area contributed by atoms with Crippen LogP contribution >= 0.6 is 22.9 Å². The Labute approximate surface area is 202 Å². The molecule has 1 heterocycles. The number of aromatic nitrogens is 1. The minimum atomic E-state index is -4.56. The van der Waals surface area contributed by atoms with Gasteiger partial charge in [0.25, 0.3) is 20.0 Å². The first kappa shape index (κ1) is 23.7. The van der Waals surface area contributed by atoms with Gasteiger partial charge in [0.15, 0.2) is 0 Å². The summed E-state index contributed by atoms with van der Waals surface area (Å²) in [6.45, 7) is 6.82. The summed E-state index contributed by atoms with van der Waals surface area (Å²) in [6, 6.07) is 13.8. The number of nitrogens with zero attached hydrogens (tertiary/aromatic N) is 2. The molecule has 10 heteroatoms. The lowest BCUT2D eigenvalue weighted by Gasteiger charge is -2.26. The zero-order valence-corrected chi connectivity index (χ0v) is 21.5. The molecule has 0 radical (unpaired) electrons. The lowest BCUT2D eigenvalue weighted by atomic mass is 10.1. The number of sulfonamides is 2. The monoisotopic (exact) mass is 520 g/mol. The largest absolute Gasteiger partial charge is 0.277 e. The molecule has 0 spiro atoms. The Morgan fingerprint density at radius 3 is 2.09 bits per heavy atom. The summed E-state index contributed by atoms with van der Waals surface area (Å²) in [4.78, 5) is 4.14. The average molecular weight is 521 g/mol. The molecule has 33 heavy (non-hydrogen) atoms. The van der Waals surface area contributed by atoms with Crippen LogP contribution in [0.1, 0.15) is 21.7 Å². The number of aryl methyl sites for hydroxylation is 2. The van der Waals surface area contributed by atoms with E-state index in [2.05, 4.69) is 4.98 Å². The minimum absolute atomic E-state index is 0.00596. The molecule has 0 bridgehead atoms. The van der Waals surface area contributed by atoms with Crippen LogP contribution in [0, 0.1) is 27.7 Å². The summed E-state index contributed by atoms with van der Waals surface area (Å²) < 4.78 is 57.0. The maximum atomic E-state index is 14.0. The van der Waals surface area contributed by atoms with E-state index in [-0.39, 0.29) is 26.1 Å². The normalized spacial score (nSPS) is 12.3. The quantitative estimate of drug-likeness (QED) is 0.333. The number of fused-ring (bicyclic) bond motifs is 1. The van der Waals surface area contributed by atoms with Crippen molar-refractivity contribution in [1.29, 1.82) is 0 Å². The summed E-state index contributed by atoms with van der Waals surface area (Å²) in [5.41, 5.74) is 2.17. The number of thiazole rings is 1. The van der Waals surface area contributed by atoms with Crippen LogP contribution in [-0.4, -0.2) is 21.8 Å². The van der Waals surface area contributed by atoms with Crippen molar-refractivity contribution < 1.29 is 16.8 Å². The minimum Gasteiger partial charge on any atom is -0.242 e. The molecule has 172 valence electrons. The number of benzene rings is 3. The van der Waals surface area contributed by atoms with Crippen LogP contribution in [0.5, 0.6) is 0 Å². The third-order valence-electron chi connectivity index (χ3n) is 5.46. The highest BCUT2D eigenvalue weighted by Gasteiger charge is 2.39. The van der Waals surface area contributed by atoms with E-state index in [0.717, 1.165) is 10.6 Å². The number of hydrogen-bond acceptors (Lipinski definition) is 6. The van der Waals surface area contributed by atoms with E-state index in [1.807, 2.05) is 6.92 Å². The molecule has 0 aliphatic rings. The fourth-order valence-corrected chi connectivity index (χ4v) is 8.89. The number of anilines is 1. The van der Waals surface area contributed by atoms with Crippen molar-refractivity contribution in [3.63, 3.8) is 0 Å². The van der Waals surface area contributed by atoms with Crippen molar-refractivity contribution in [2.24, 2.45) is 0 Å². The van der Waals surface area contributed by atoms with Gasteiger partial charge >= 0.3 is 0 Å². The van der Waals surface area contributed by atoms with Gasteiger partial charge in [-0.25, -0.2) is 4.98 Å². The van der Waals surface area contributed by atoms with Gasteiger partial charge in [0.2, 0.25) is 0 Å². The average Bonchev–Trinajstić information content (AvgIpc) is 3.10. The standard InChI is InChI=1S/C23H21ClN2O4S3/c1-14-7-5-9-22(15(14)2)32(27,28)26(18-11-12-20-21(13-18)31-17(4)25-20)33(29,30)23-10-6-8-19(24)16(23)3/h5-13H,1-4H3. The van der Waals surface area contributed by atoms with Gasteiger partial charge in [-0.05, 0) is 80.8 Å². The molecular formula is C23H21ClN2O4S3. The number of hydrogen-bond donors (Lipinski definition) is 0. The van der Waals surface area contributed by atoms with Crippen LogP contribution < -0.4 is 3.71 Å². The maximum absolute atomic E-state index is 14.0. The Morgan fingerprint density at radius 1 is 0.818 bits per heavy atom. The van der Waals surface area contributed by atoms with Crippen molar-refractivity contribution in [3.8, 4) is 0 Å². The van der Waals surface area contributed by atoms with Gasteiger partial charge in [0, 0.05) is 5.02 Å². The van der Waals surface area contributed by atoms with E-state index in [9.17, 15) is 16.8 Å². The van der Waals surface area contributed by atoms with Gasteiger partial charge in [-0.15, -0.1) is 11.3 Å². The van der Waals surface area contributed by atoms with Crippen molar-refractivity contribution in [1.82, 2.24) is 4.98 Å². The fourth-order valence-electron chi connectivity index (χ4n) is 3.60. The second-order valence-corrected chi connectivity index (χ2v) is 13.0. The summed E-state index contributed by atoms with van der Waals surface area (Å²) in [6.07, 6.45) is 0. The van der Waals surface area contributed by atoms with E-state index in [4.69, 9.17) is 11.6 Å². The van der Waals surface area contributed by atoms with Crippen LogP contribution in [0.4, 0.5) is 5.69 Å². The third kappa shape index (κ3) is 4.03. The van der Waals surface area contributed by atoms with E-state index in [0.29, 0.717) is 19.5 Å². The summed E-state index contributed by atoms with van der Waals surface area (Å²) in [5.74, 6) is 0. The Kier molecular flexibility index (Phi) is 6.03. The molecule has 0 N–H and O–H groups in total. The first-order chi connectivity index (χ1) is 15.4. The molecule has 4 rings (SSSR count). The lowest BCUT2D eigenvalue weighted by molar-refractivity contribution is 0.583. The van der Waals surface area contributed by atoms with Gasteiger partial charge in [0.05, 0.1) is 30.7 Å². The maximum Gasteiger partial charge on any atom is 0.277 e. The van der Waals surface area contributed by atoms with E-state index >= 15 is 0 Å². The highest BCUT2D eigenvalue weighted by molar-refractivity contribution is 8.10. The van der Waals surface area contributed by atoms with Crippen LogP contribution in [-0.2, 0) is 20.0 Å². The van der Waals surface area contributed by atoms with E-state index in [1.54, 1.807) is 51.1 Å². The van der Waals surface area contributed by atoms with Gasteiger partial charge < -0.3 is 0 Å². The SMILES string of the molecule is Cc1nc2ccc(N(S(=O)(=O)c3cccc(C)c3C)S(=O)(=O)c3cccc(Cl)c3C)cc2s1. The topological polar surface area (TPSA) is 84.4 Å². The van der Waals surface area contributed by atoms with Crippen molar-refractivity contribution in [3.05, 3.63) is 81.3 Å². The predicted octanol–water partition coefficient (Wildman–Crippen LogP) is 5.77. The second-order valence-electron chi connectivity index (χ2n) is 7.65. The second kappa shape index (κ2) is 8.39.